The summed E-state index contributed by atoms with van der Waals surface area (Å²) in [5.41, 5.74) is 16.6. The fourth-order valence-electron chi connectivity index (χ4n) is 10.3. The standard InChI is InChI=1S/C52H44N6/c1-51-29-9-8-13-43(51)50-48(16-11-31-54-50)58(51)39-26-28-41-40-27-25-38(57-46-14-7-6-12-42(46)49-47(57)15-10-30-53-49)32-44(40)52(45(41)33-39,34-17-21-36(22-18-34)55(2)3)35-19-23-37(24-20-35)56(4)5/h6-33,43H,1-5H3. The lowest BCUT2D eigenvalue weighted by atomic mass is 9.67. The van der Waals surface area contributed by atoms with Gasteiger partial charge in [0.25, 0.3) is 0 Å². The van der Waals surface area contributed by atoms with Crippen molar-refractivity contribution in [1.29, 1.82) is 0 Å². The molecule has 0 fully saturated rings. The van der Waals surface area contributed by atoms with Crippen LogP contribution in [0.4, 0.5) is 22.7 Å². The zero-order valence-corrected chi connectivity index (χ0v) is 33.4. The first-order valence-corrected chi connectivity index (χ1v) is 20.1. The number of hydrogen-bond donors (Lipinski definition) is 0. The predicted octanol–water partition coefficient (Wildman–Crippen LogP) is 11.2. The molecule has 0 N–H and O–H groups in total. The van der Waals surface area contributed by atoms with Crippen molar-refractivity contribution in [3.63, 3.8) is 0 Å². The Bertz CT molecular complexity index is 2880. The molecule has 0 saturated heterocycles. The molecule has 0 saturated carbocycles. The van der Waals surface area contributed by atoms with Gasteiger partial charge in [0.05, 0.1) is 38.9 Å². The van der Waals surface area contributed by atoms with Gasteiger partial charge in [0.2, 0.25) is 0 Å². The van der Waals surface area contributed by atoms with E-state index in [1.165, 1.54) is 33.4 Å². The molecule has 0 radical (unpaired) electrons. The van der Waals surface area contributed by atoms with E-state index in [9.17, 15) is 0 Å². The highest BCUT2D eigenvalue weighted by atomic mass is 15.2. The summed E-state index contributed by atoms with van der Waals surface area (Å²) in [6.45, 7) is 2.35. The number of anilines is 4. The summed E-state index contributed by atoms with van der Waals surface area (Å²) < 4.78 is 2.39. The Morgan fingerprint density at radius 1 is 0.586 bits per heavy atom. The number of aromatic nitrogens is 3. The molecule has 6 nitrogen and oxygen atoms in total. The minimum atomic E-state index is -0.649. The summed E-state index contributed by atoms with van der Waals surface area (Å²) in [5, 5.41) is 1.15. The lowest BCUT2D eigenvalue weighted by Crippen LogP contribution is -2.42. The van der Waals surface area contributed by atoms with Crippen molar-refractivity contribution in [2.45, 2.75) is 23.8 Å². The average Bonchev–Trinajstić information content (AvgIpc) is 3.84. The molecule has 11 rings (SSSR count). The van der Waals surface area contributed by atoms with Crippen LogP contribution in [0.5, 0.6) is 0 Å². The van der Waals surface area contributed by atoms with Crippen molar-refractivity contribution in [3.05, 3.63) is 198 Å². The van der Waals surface area contributed by atoms with E-state index in [1.54, 1.807) is 0 Å². The zero-order valence-electron chi connectivity index (χ0n) is 33.4. The Labute approximate surface area is 339 Å². The van der Waals surface area contributed by atoms with Gasteiger partial charge in [-0.05, 0) is 119 Å². The van der Waals surface area contributed by atoms with Crippen LogP contribution in [-0.2, 0) is 5.41 Å². The van der Waals surface area contributed by atoms with Crippen LogP contribution in [0.1, 0.15) is 40.8 Å². The molecule has 58 heavy (non-hydrogen) atoms. The Balaban J connectivity index is 1.22. The third-order valence-corrected chi connectivity index (χ3v) is 13.0. The Morgan fingerprint density at radius 2 is 1.19 bits per heavy atom. The van der Waals surface area contributed by atoms with Crippen LogP contribution in [0.25, 0.3) is 38.8 Å². The van der Waals surface area contributed by atoms with Gasteiger partial charge in [-0.3, -0.25) is 9.97 Å². The molecule has 2 aliphatic carbocycles. The van der Waals surface area contributed by atoms with Gasteiger partial charge in [0.1, 0.15) is 0 Å². The largest absolute Gasteiger partial charge is 0.378 e. The lowest BCUT2D eigenvalue weighted by Gasteiger charge is -2.40. The SMILES string of the molecule is CN(C)c1ccc(C2(c3ccc(N(C)C)cc3)c3cc(N4c5cccnc5C5C=CC=CC54C)ccc3-c3ccc(-n4c5ccccc5c5ncccc54)cc32)cc1. The maximum Gasteiger partial charge on any atom is 0.0963 e. The highest BCUT2D eigenvalue weighted by Crippen LogP contribution is 2.60. The second kappa shape index (κ2) is 12.5. The minimum absolute atomic E-state index is 0.143. The van der Waals surface area contributed by atoms with Gasteiger partial charge in [0, 0.05) is 74.6 Å². The van der Waals surface area contributed by atoms with Gasteiger partial charge in [-0.15, -0.1) is 0 Å². The average molecular weight is 753 g/mol. The van der Waals surface area contributed by atoms with Gasteiger partial charge >= 0.3 is 0 Å². The van der Waals surface area contributed by atoms with E-state index in [4.69, 9.17) is 9.97 Å². The summed E-state index contributed by atoms with van der Waals surface area (Å²) >= 11 is 0. The molecule has 3 aliphatic rings. The summed E-state index contributed by atoms with van der Waals surface area (Å²) in [6.07, 6.45) is 12.8. The topological polar surface area (TPSA) is 40.4 Å². The van der Waals surface area contributed by atoms with E-state index in [0.717, 1.165) is 56.1 Å². The van der Waals surface area contributed by atoms with Gasteiger partial charge < -0.3 is 19.3 Å². The molecule has 1 aliphatic heterocycles. The minimum Gasteiger partial charge on any atom is -0.378 e. The number of fused-ring (bicyclic) bond motifs is 9. The molecule has 0 bridgehead atoms. The molecule has 3 aromatic heterocycles. The van der Waals surface area contributed by atoms with Crippen molar-refractivity contribution in [3.8, 4) is 16.8 Å². The van der Waals surface area contributed by atoms with Crippen molar-refractivity contribution in [2.24, 2.45) is 0 Å². The van der Waals surface area contributed by atoms with Crippen LogP contribution in [0.3, 0.4) is 0 Å². The summed E-state index contributed by atoms with van der Waals surface area (Å²) in [4.78, 5) is 16.7. The summed E-state index contributed by atoms with van der Waals surface area (Å²) in [7, 11) is 8.43. The van der Waals surface area contributed by atoms with Crippen molar-refractivity contribution >= 4 is 44.7 Å². The van der Waals surface area contributed by atoms with E-state index in [-0.39, 0.29) is 11.5 Å². The maximum atomic E-state index is 4.97. The van der Waals surface area contributed by atoms with E-state index in [1.807, 2.05) is 18.5 Å². The Morgan fingerprint density at radius 3 is 1.88 bits per heavy atom. The molecule has 2 atom stereocenters. The van der Waals surface area contributed by atoms with Gasteiger partial charge in [-0.25, -0.2) is 0 Å². The molecule has 5 aromatic carbocycles. The second-order valence-electron chi connectivity index (χ2n) is 16.5. The van der Waals surface area contributed by atoms with Gasteiger partial charge in [0.15, 0.2) is 0 Å². The van der Waals surface area contributed by atoms with Crippen LogP contribution < -0.4 is 14.7 Å². The van der Waals surface area contributed by atoms with E-state index < -0.39 is 5.41 Å². The molecular formula is C52H44N6. The number of nitrogens with zero attached hydrogens (tertiary/aromatic N) is 6. The number of hydrogen-bond acceptors (Lipinski definition) is 5. The maximum absolute atomic E-state index is 4.97. The number of pyridine rings is 2. The van der Waals surface area contributed by atoms with E-state index in [0.29, 0.717) is 0 Å². The predicted molar refractivity (Wildman–Crippen MR) is 240 cm³/mol. The second-order valence-corrected chi connectivity index (χ2v) is 16.5. The number of para-hydroxylation sites is 1. The van der Waals surface area contributed by atoms with Crippen LogP contribution in [0.15, 0.2) is 170 Å². The first-order chi connectivity index (χ1) is 28.3. The normalized spacial score (nSPS) is 18.3. The Hall–Kier alpha value is -6.92. The van der Waals surface area contributed by atoms with Crippen LogP contribution in [0.2, 0.25) is 0 Å². The smallest absolute Gasteiger partial charge is 0.0963 e. The summed E-state index contributed by atoms with van der Waals surface area (Å²) in [6, 6.07) is 49.9. The number of benzene rings is 5. The molecule has 4 heterocycles. The van der Waals surface area contributed by atoms with E-state index in [2.05, 4.69) is 206 Å². The van der Waals surface area contributed by atoms with Crippen molar-refractivity contribution in [1.82, 2.24) is 14.5 Å². The first kappa shape index (κ1) is 34.3. The monoisotopic (exact) mass is 752 g/mol. The summed E-state index contributed by atoms with van der Waals surface area (Å²) in [5.74, 6) is 0.143. The van der Waals surface area contributed by atoms with Crippen LogP contribution in [-0.4, -0.2) is 48.3 Å². The Kier molecular flexibility index (Phi) is 7.42. The molecule has 0 amide bonds. The molecular weight excluding hydrogens is 709 g/mol. The van der Waals surface area contributed by atoms with E-state index >= 15 is 0 Å². The third kappa shape index (κ3) is 4.66. The number of rotatable bonds is 6. The van der Waals surface area contributed by atoms with Crippen molar-refractivity contribution in [2.75, 3.05) is 42.9 Å². The fourth-order valence-corrected chi connectivity index (χ4v) is 10.3. The fraction of sp³-hybridized carbons (Fsp3) is 0.154. The molecule has 282 valence electrons. The first-order valence-electron chi connectivity index (χ1n) is 20.1. The molecule has 2 unspecified atom stereocenters. The lowest BCUT2D eigenvalue weighted by molar-refractivity contribution is 0.537. The van der Waals surface area contributed by atoms with Crippen LogP contribution in [0, 0.1) is 0 Å². The zero-order chi connectivity index (χ0) is 39.3. The van der Waals surface area contributed by atoms with Crippen LogP contribution >= 0.6 is 0 Å². The number of allylic oxidation sites excluding steroid dienone is 2. The van der Waals surface area contributed by atoms with Gasteiger partial charge in [-0.1, -0.05) is 78.9 Å². The highest BCUT2D eigenvalue weighted by Gasteiger charge is 2.50. The third-order valence-electron chi connectivity index (χ3n) is 13.0. The molecule has 6 heteroatoms. The van der Waals surface area contributed by atoms with Gasteiger partial charge in [-0.2, -0.15) is 0 Å². The van der Waals surface area contributed by atoms with Crippen molar-refractivity contribution < 1.29 is 0 Å². The highest BCUT2D eigenvalue weighted by molar-refractivity contribution is 6.07. The molecule has 8 aromatic rings. The quantitative estimate of drug-likeness (QED) is 0.169. The molecule has 0 spiro atoms.